The van der Waals surface area contributed by atoms with Crippen LogP contribution in [0.1, 0.15) is 24.3 Å². The molecule has 0 spiro atoms. The van der Waals surface area contributed by atoms with Gasteiger partial charge in [-0.2, -0.15) is 0 Å². The predicted octanol–water partition coefficient (Wildman–Crippen LogP) is 2.79. The van der Waals surface area contributed by atoms with Crippen LogP contribution in [0.4, 0.5) is 4.39 Å². The average molecular weight is 217 g/mol. The summed E-state index contributed by atoms with van der Waals surface area (Å²) in [4.78, 5) is 3.22. The van der Waals surface area contributed by atoms with Crippen LogP contribution >= 0.6 is 0 Å². The van der Waals surface area contributed by atoms with Crippen LogP contribution in [-0.4, -0.2) is 18.1 Å². The molecule has 0 atom stereocenters. The molecule has 3 heteroatoms. The first-order chi connectivity index (χ1) is 7.84. The number of halogens is 1. The molecule has 0 unspecified atom stereocenters. The zero-order chi connectivity index (χ0) is 11.0. The van der Waals surface area contributed by atoms with Crippen molar-refractivity contribution in [1.29, 1.82) is 0 Å². The van der Waals surface area contributed by atoms with Gasteiger partial charge in [-0.25, -0.2) is 9.71 Å². The van der Waals surface area contributed by atoms with E-state index in [0.717, 1.165) is 36.8 Å². The van der Waals surface area contributed by atoms with Crippen molar-refractivity contribution < 1.29 is 4.39 Å². The van der Waals surface area contributed by atoms with Crippen molar-refractivity contribution in [3.8, 4) is 0 Å². The summed E-state index contributed by atoms with van der Waals surface area (Å²) in [6, 6.07) is 4.94. The van der Waals surface area contributed by atoms with Gasteiger partial charge >= 0.3 is 0 Å². The van der Waals surface area contributed by atoms with Crippen LogP contribution in [0.3, 0.4) is 0 Å². The number of rotatable bonds is 1. The summed E-state index contributed by atoms with van der Waals surface area (Å²) in [5, 5.41) is 5.38. The summed E-state index contributed by atoms with van der Waals surface area (Å²) < 4.78 is 13.2. The summed E-state index contributed by atoms with van der Waals surface area (Å²) in [6.07, 6.45) is 4.20. The largest absolute Gasteiger partial charge is 0.361 e. The van der Waals surface area contributed by atoms with E-state index in [1.54, 1.807) is 12.1 Å². The molecule has 1 aliphatic heterocycles. The van der Waals surface area contributed by atoms with E-state index in [-0.39, 0.29) is 5.82 Å². The summed E-state index contributed by atoms with van der Waals surface area (Å²) >= 11 is 0. The minimum Gasteiger partial charge on any atom is -0.361 e. The van der Waals surface area contributed by atoms with Gasteiger partial charge < -0.3 is 4.98 Å². The number of nitrogens with one attached hydrogen (secondary N) is 1. The SMILES string of the molecule is Fc1ccc2[nH]cc(C3CC[N]CC3)c2c1. The van der Waals surface area contributed by atoms with Crippen molar-refractivity contribution in [2.75, 3.05) is 13.1 Å². The summed E-state index contributed by atoms with van der Waals surface area (Å²) in [5.41, 5.74) is 2.28. The van der Waals surface area contributed by atoms with Gasteiger partial charge in [-0.3, -0.25) is 0 Å². The Morgan fingerprint density at radius 1 is 1.25 bits per heavy atom. The Bertz CT molecular complexity index is 498. The second-order valence-corrected chi connectivity index (χ2v) is 4.38. The first kappa shape index (κ1) is 9.85. The molecule has 3 rings (SSSR count). The van der Waals surface area contributed by atoms with Gasteiger partial charge in [-0.1, -0.05) is 0 Å². The van der Waals surface area contributed by atoms with Gasteiger partial charge in [0.05, 0.1) is 0 Å². The lowest BCUT2D eigenvalue weighted by atomic mass is 9.90. The third-order valence-corrected chi connectivity index (χ3v) is 3.39. The first-order valence-corrected chi connectivity index (χ1v) is 5.74. The van der Waals surface area contributed by atoms with Gasteiger partial charge in [0, 0.05) is 30.2 Å². The van der Waals surface area contributed by atoms with Crippen molar-refractivity contribution in [3.05, 3.63) is 35.8 Å². The van der Waals surface area contributed by atoms with Crippen LogP contribution in [0.5, 0.6) is 0 Å². The third-order valence-electron chi connectivity index (χ3n) is 3.39. The summed E-state index contributed by atoms with van der Waals surface area (Å²) in [7, 11) is 0. The Morgan fingerprint density at radius 2 is 2.06 bits per heavy atom. The lowest BCUT2D eigenvalue weighted by Gasteiger charge is -2.21. The zero-order valence-electron chi connectivity index (χ0n) is 9.04. The lowest BCUT2D eigenvalue weighted by molar-refractivity contribution is 0.455. The molecule has 1 aliphatic rings. The highest BCUT2D eigenvalue weighted by Gasteiger charge is 2.19. The maximum Gasteiger partial charge on any atom is 0.123 e. The van der Waals surface area contributed by atoms with E-state index in [4.69, 9.17) is 0 Å². The second kappa shape index (κ2) is 3.91. The number of piperidine rings is 1. The Labute approximate surface area is 93.9 Å². The fraction of sp³-hybridized carbons (Fsp3) is 0.385. The number of aromatic nitrogens is 1. The van der Waals surface area contributed by atoms with E-state index in [1.165, 1.54) is 11.6 Å². The van der Waals surface area contributed by atoms with E-state index < -0.39 is 0 Å². The van der Waals surface area contributed by atoms with Gasteiger partial charge in [0.1, 0.15) is 5.82 Å². The highest BCUT2D eigenvalue weighted by atomic mass is 19.1. The van der Waals surface area contributed by atoms with E-state index in [0.29, 0.717) is 5.92 Å². The highest BCUT2D eigenvalue weighted by Crippen LogP contribution is 2.31. The number of benzene rings is 1. The molecule has 1 aromatic heterocycles. The van der Waals surface area contributed by atoms with Crippen LogP contribution in [-0.2, 0) is 0 Å². The third kappa shape index (κ3) is 1.61. The molecule has 1 saturated heterocycles. The Kier molecular flexibility index (Phi) is 2.40. The van der Waals surface area contributed by atoms with Crippen molar-refractivity contribution in [3.63, 3.8) is 0 Å². The monoisotopic (exact) mass is 217 g/mol. The van der Waals surface area contributed by atoms with Crippen molar-refractivity contribution >= 4 is 10.9 Å². The van der Waals surface area contributed by atoms with Crippen molar-refractivity contribution in [2.45, 2.75) is 18.8 Å². The topological polar surface area (TPSA) is 29.9 Å². The smallest absolute Gasteiger partial charge is 0.123 e. The van der Waals surface area contributed by atoms with Crippen LogP contribution in [0.25, 0.3) is 10.9 Å². The normalized spacial score (nSPS) is 18.1. The van der Waals surface area contributed by atoms with Gasteiger partial charge in [0.25, 0.3) is 0 Å². The second-order valence-electron chi connectivity index (χ2n) is 4.38. The molecule has 2 aromatic rings. The number of aromatic amines is 1. The maximum atomic E-state index is 13.2. The fourth-order valence-corrected chi connectivity index (χ4v) is 2.51. The molecule has 2 nitrogen and oxygen atoms in total. The number of H-pyrrole nitrogens is 1. The van der Waals surface area contributed by atoms with E-state index >= 15 is 0 Å². The lowest BCUT2D eigenvalue weighted by Crippen LogP contribution is -2.20. The van der Waals surface area contributed by atoms with Crippen LogP contribution < -0.4 is 5.32 Å². The number of fused-ring (bicyclic) bond motifs is 1. The molecule has 16 heavy (non-hydrogen) atoms. The highest BCUT2D eigenvalue weighted by molar-refractivity contribution is 5.83. The van der Waals surface area contributed by atoms with Gasteiger partial charge in [-0.15, -0.1) is 0 Å². The summed E-state index contributed by atoms with van der Waals surface area (Å²) in [6.45, 7) is 1.87. The van der Waals surface area contributed by atoms with E-state index in [1.807, 2.05) is 6.20 Å². The molecule has 1 radical (unpaired) electrons. The number of hydrogen-bond donors (Lipinski definition) is 1. The molecule has 0 amide bonds. The van der Waals surface area contributed by atoms with Crippen LogP contribution in [0.15, 0.2) is 24.4 Å². The minimum absolute atomic E-state index is 0.158. The molecular formula is C13H14FN2. The molecule has 83 valence electrons. The standard InChI is InChI=1S/C13H14FN2/c14-10-1-2-13-11(7-10)12(8-16-13)9-3-5-15-6-4-9/h1-2,7-9,16H,3-6H2. The molecule has 1 N–H and O–H groups in total. The molecule has 1 aromatic carbocycles. The molecule has 1 fully saturated rings. The van der Waals surface area contributed by atoms with Gasteiger partial charge in [0.15, 0.2) is 0 Å². The molecular weight excluding hydrogens is 203 g/mol. The Hall–Kier alpha value is -1.35. The molecule has 0 bridgehead atoms. The van der Waals surface area contributed by atoms with E-state index in [9.17, 15) is 4.39 Å². The fourth-order valence-electron chi connectivity index (χ4n) is 2.51. The number of nitrogens with zero attached hydrogens (tertiary/aromatic N) is 1. The predicted molar refractivity (Wildman–Crippen MR) is 62.1 cm³/mol. The van der Waals surface area contributed by atoms with E-state index in [2.05, 4.69) is 10.3 Å². The minimum atomic E-state index is -0.158. The average Bonchev–Trinajstić information content (AvgIpc) is 2.73. The zero-order valence-corrected chi connectivity index (χ0v) is 9.04. The Morgan fingerprint density at radius 3 is 2.88 bits per heavy atom. The van der Waals surface area contributed by atoms with Gasteiger partial charge in [0.2, 0.25) is 0 Å². The first-order valence-electron chi connectivity index (χ1n) is 5.74. The van der Waals surface area contributed by atoms with Crippen LogP contribution in [0, 0.1) is 5.82 Å². The Balaban J connectivity index is 2.05. The molecule has 0 saturated carbocycles. The molecule has 0 aliphatic carbocycles. The van der Waals surface area contributed by atoms with Crippen LogP contribution in [0.2, 0.25) is 0 Å². The van der Waals surface area contributed by atoms with Gasteiger partial charge in [-0.05, 0) is 42.5 Å². The quantitative estimate of drug-likeness (QED) is 0.761. The summed E-state index contributed by atoms with van der Waals surface area (Å²) in [5.74, 6) is 0.377. The maximum absolute atomic E-state index is 13.2. The van der Waals surface area contributed by atoms with Crippen molar-refractivity contribution in [2.24, 2.45) is 0 Å². The number of hydrogen-bond acceptors (Lipinski definition) is 0. The van der Waals surface area contributed by atoms with Crippen molar-refractivity contribution in [1.82, 2.24) is 10.3 Å². The molecule has 2 heterocycles.